The molecule has 0 radical (unpaired) electrons. The van der Waals surface area contributed by atoms with Crippen LogP contribution in [0.1, 0.15) is 303 Å². The lowest BCUT2D eigenvalue weighted by Gasteiger charge is -2.30. The van der Waals surface area contributed by atoms with Gasteiger partial charge in [0.15, 0.2) is 0 Å². The Morgan fingerprint density at radius 2 is 0.735 bits per heavy atom. The van der Waals surface area contributed by atoms with E-state index >= 15 is 0 Å². The molecular formula is C73H131N2O7P. The number of amides is 1. The molecule has 0 spiro atoms. The van der Waals surface area contributed by atoms with E-state index in [0.717, 1.165) is 116 Å². The van der Waals surface area contributed by atoms with Crippen LogP contribution in [0.15, 0.2) is 97.2 Å². The number of hydrogen-bond donors (Lipinski definition) is 1. The van der Waals surface area contributed by atoms with Gasteiger partial charge in [0, 0.05) is 12.8 Å². The summed E-state index contributed by atoms with van der Waals surface area (Å²) in [6.45, 7) is 6.79. The van der Waals surface area contributed by atoms with Crippen molar-refractivity contribution in [3.05, 3.63) is 97.2 Å². The third kappa shape index (κ3) is 63.3. The van der Waals surface area contributed by atoms with Crippen LogP contribution in [0.3, 0.4) is 0 Å². The molecule has 0 heterocycles. The number of quaternary nitrogens is 1. The summed E-state index contributed by atoms with van der Waals surface area (Å²) < 4.78 is 30.4. The second-order valence-corrected chi connectivity index (χ2v) is 25.7. The molecule has 0 saturated heterocycles. The van der Waals surface area contributed by atoms with Crippen LogP contribution in [0.25, 0.3) is 0 Å². The number of esters is 1. The zero-order valence-corrected chi connectivity index (χ0v) is 55.8. The van der Waals surface area contributed by atoms with Gasteiger partial charge in [0.05, 0.1) is 33.8 Å². The summed E-state index contributed by atoms with van der Waals surface area (Å²) in [6, 6.07) is -0.906. The number of phosphoric acid groups is 1. The largest absolute Gasteiger partial charge is 0.756 e. The average Bonchev–Trinajstić information content (AvgIpc) is 3.46. The number of likely N-dealkylation sites (N-methyl/N-ethyl adjacent to an activating group) is 1. The van der Waals surface area contributed by atoms with E-state index in [1.54, 1.807) is 0 Å². The molecule has 1 amide bonds. The number of allylic oxidation sites excluding steroid dienone is 15. The van der Waals surface area contributed by atoms with Crippen molar-refractivity contribution >= 4 is 19.7 Å². The Labute approximate surface area is 513 Å². The predicted octanol–water partition coefficient (Wildman–Crippen LogP) is 21.3. The van der Waals surface area contributed by atoms with E-state index in [-0.39, 0.29) is 24.9 Å². The van der Waals surface area contributed by atoms with Gasteiger partial charge in [-0.1, -0.05) is 272 Å². The zero-order valence-electron chi connectivity index (χ0n) is 54.9. The molecule has 0 rings (SSSR count). The molecule has 0 aliphatic carbocycles. The van der Waals surface area contributed by atoms with Crippen LogP contribution in [-0.4, -0.2) is 69.4 Å². The van der Waals surface area contributed by atoms with E-state index in [9.17, 15) is 19.0 Å². The van der Waals surface area contributed by atoms with E-state index in [0.29, 0.717) is 23.9 Å². The molecule has 480 valence electrons. The SMILES string of the molecule is CCCCC/C=C\C/C=C\C/C=C\C/C=C\CCCCCCCC(=O)NC(COP(=O)([O-])OCC[N+](C)(C)C)C(/C=C/CCCCCCCCCCCCC)OC(=O)CCCCCCCCCCCC/C=C\C/C=C\C/C=C\CCCCC. The summed E-state index contributed by atoms with van der Waals surface area (Å²) in [7, 11) is 1.16. The van der Waals surface area contributed by atoms with Gasteiger partial charge in [-0.2, -0.15) is 0 Å². The fourth-order valence-corrected chi connectivity index (χ4v) is 10.4. The molecule has 0 aliphatic rings. The molecule has 0 fully saturated rings. The summed E-state index contributed by atoms with van der Waals surface area (Å²) >= 11 is 0. The normalized spacial score (nSPS) is 14.2. The van der Waals surface area contributed by atoms with Crippen molar-refractivity contribution in [2.75, 3.05) is 40.9 Å². The Bertz CT molecular complexity index is 1740. The maximum Gasteiger partial charge on any atom is 0.306 e. The minimum atomic E-state index is -4.72. The molecule has 0 aromatic rings. The van der Waals surface area contributed by atoms with Gasteiger partial charge in [-0.15, -0.1) is 0 Å². The van der Waals surface area contributed by atoms with E-state index in [1.807, 2.05) is 33.3 Å². The Hall–Kier alpha value is -3.07. The molecule has 0 saturated carbocycles. The molecule has 3 unspecified atom stereocenters. The van der Waals surface area contributed by atoms with Crippen LogP contribution in [0.2, 0.25) is 0 Å². The minimum absolute atomic E-state index is 0.0308. The van der Waals surface area contributed by atoms with Crippen LogP contribution in [0, 0.1) is 0 Å². The first-order valence-electron chi connectivity index (χ1n) is 34.5. The van der Waals surface area contributed by atoms with E-state index in [1.165, 1.54) is 148 Å². The molecule has 1 N–H and O–H groups in total. The highest BCUT2D eigenvalue weighted by molar-refractivity contribution is 7.45. The third-order valence-electron chi connectivity index (χ3n) is 15.0. The minimum Gasteiger partial charge on any atom is -0.756 e. The summed E-state index contributed by atoms with van der Waals surface area (Å²) in [5.74, 6) is -0.564. The highest BCUT2D eigenvalue weighted by Crippen LogP contribution is 2.38. The van der Waals surface area contributed by atoms with Gasteiger partial charge < -0.3 is 28.5 Å². The van der Waals surface area contributed by atoms with Gasteiger partial charge in [-0.05, 0) is 115 Å². The van der Waals surface area contributed by atoms with Gasteiger partial charge in [-0.25, -0.2) is 0 Å². The fourth-order valence-electron chi connectivity index (χ4n) is 9.63. The first-order valence-corrected chi connectivity index (χ1v) is 36.0. The molecule has 0 bridgehead atoms. The van der Waals surface area contributed by atoms with Gasteiger partial charge in [0.25, 0.3) is 7.82 Å². The van der Waals surface area contributed by atoms with Crippen LogP contribution in [-0.2, 0) is 27.9 Å². The number of rotatable bonds is 62. The van der Waals surface area contributed by atoms with Crippen LogP contribution in [0.5, 0.6) is 0 Å². The van der Waals surface area contributed by atoms with Crippen molar-refractivity contribution < 1.29 is 37.3 Å². The Kier molecular flexibility index (Phi) is 59.7. The second kappa shape index (κ2) is 62.0. The van der Waals surface area contributed by atoms with Crippen molar-refractivity contribution in [1.82, 2.24) is 5.32 Å². The first-order chi connectivity index (χ1) is 40.4. The number of nitrogens with one attached hydrogen (secondary N) is 1. The number of hydrogen-bond acceptors (Lipinski definition) is 7. The zero-order chi connectivity index (χ0) is 60.7. The number of ether oxygens (including phenoxy) is 1. The van der Waals surface area contributed by atoms with Crippen LogP contribution < -0.4 is 10.2 Å². The van der Waals surface area contributed by atoms with Crippen LogP contribution in [0.4, 0.5) is 0 Å². The number of unbranched alkanes of at least 4 members (excludes halogenated alkanes) is 32. The molecular weight excluding hydrogens is 1050 g/mol. The maximum atomic E-state index is 13.6. The standard InChI is InChI=1S/C73H131N2O7P/c1-7-10-13-16-19-22-25-28-30-32-34-36-37-39-41-43-45-48-51-54-57-60-63-66-73(77)82-71(64-61-58-55-52-49-46-27-24-21-18-15-12-9-3)70(69-81-83(78,79)80-68-67-75(4,5)6)74-72(76)65-62-59-56-53-50-47-44-42-40-38-35-33-31-29-26-23-20-17-14-11-8-2/h19-20,22-23,28-31,34-36,38,42,44,61,64,70-71H,7-18,21,24-27,32-33,37,39-41,43,45-60,62-63,65-69H2,1-6H3,(H-,74,76,78,79)/b22-19-,23-20-,30-28-,31-29-,36-34-,38-35-,44-42-,64-61+. The Balaban J connectivity index is 5.21. The second-order valence-electron chi connectivity index (χ2n) is 24.3. The number of phosphoric ester groups is 1. The summed E-state index contributed by atoms with van der Waals surface area (Å²) in [6.07, 6.45) is 83.7. The summed E-state index contributed by atoms with van der Waals surface area (Å²) in [5, 5.41) is 3.03. The Morgan fingerprint density at radius 3 is 1.12 bits per heavy atom. The average molecular weight is 1180 g/mol. The van der Waals surface area contributed by atoms with E-state index in [2.05, 4.69) is 111 Å². The third-order valence-corrected chi connectivity index (χ3v) is 16.0. The van der Waals surface area contributed by atoms with Gasteiger partial charge in [0.2, 0.25) is 5.91 Å². The number of carbonyl (C=O) groups excluding carboxylic acids is 2. The molecule has 10 heteroatoms. The smallest absolute Gasteiger partial charge is 0.306 e. The van der Waals surface area contributed by atoms with Crippen molar-refractivity contribution in [2.24, 2.45) is 0 Å². The monoisotopic (exact) mass is 1180 g/mol. The lowest BCUT2D eigenvalue weighted by atomic mass is 10.0. The van der Waals surface area contributed by atoms with E-state index in [4.69, 9.17) is 13.8 Å². The predicted molar refractivity (Wildman–Crippen MR) is 358 cm³/mol. The fraction of sp³-hybridized carbons (Fsp3) is 0.753. The lowest BCUT2D eigenvalue weighted by Crippen LogP contribution is -2.47. The molecule has 83 heavy (non-hydrogen) atoms. The van der Waals surface area contributed by atoms with Crippen molar-refractivity contribution in [3.63, 3.8) is 0 Å². The first kappa shape index (κ1) is 79.9. The number of carbonyl (C=O) groups is 2. The topological polar surface area (TPSA) is 114 Å². The van der Waals surface area contributed by atoms with Crippen LogP contribution >= 0.6 is 7.82 Å². The van der Waals surface area contributed by atoms with Crippen molar-refractivity contribution in [3.8, 4) is 0 Å². The van der Waals surface area contributed by atoms with E-state index < -0.39 is 26.6 Å². The highest BCUT2D eigenvalue weighted by atomic mass is 31.2. The maximum absolute atomic E-state index is 13.6. The Morgan fingerprint density at radius 1 is 0.422 bits per heavy atom. The summed E-state index contributed by atoms with van der Waals surface area (Å²) in [4.78, 5) is 40.2. The van der Waals surface area contributed by atoms with Gasteiger partial charge >= 0.3 is 5.97 Å². The molecule has 0 aromatic heterocycles. The highest BCUT2D eigenvalue weighted by Gasteiger charge is 2.27. The molecule has 9 nitrogen and oxygen atoms in total. The summed E-state index contributed by atoms with van der Waals surface area (Å²) in [5.41, 5.74) is 0. The molecule has 0 aromatic carbocycles. The quantitative estimate of drug-likeness (QED) is 0.0212. The molecule has 0 aliphatic heterocycles. The van der Waals surface area contributed by atoms with Crippen molar-refractivity contribution in [2.45, 2.75) is 315 Å². The number of nitrogens with zero attached hydrogens (tertiary/aromatic N) is 1. The van der Waals surface area contributed by atoms with Crippen molar-refractivity contribution in [1.29, 1.82) is 0 Å². The molecule has 3 atom stereocenters. The van der Waals surface area contributed by atoms with Gasteiger partial charge in [-0.3, -0.25) is 14.2 Å². The van der Waals surface area contributed by atoms with Gasteiger partial charge in [0.1, 0.15) is 19.3 Å². The lowest BCUT2D eigenvalue weighted by molar-refractivity contribution is -0.870.